The summed E-state index contributed by atoms with van der Waals surface area (Å²) in [6.45, 7) is 2.27. The summed E-state index contributed by atoms with van der Waals surface area (Å²) >= 11 is 0. The molecule has 0 fully saturated rings. The van der Waals surface area contributed by atoms with Crippen molar-refractivity contribution in [3.8, 4) is 11.5 Å². The van der Waals surface area contributed by atoms with Crippen LogP contribution in [0.3, 0.4) is 0 Å². The van der Waals surface area contributed by atoms with Gasteiger partial charge in [-0.1, -0.05) is 43.3 Å². The molecule has 0 aliphatic carbocycles. The normalized spacial score (nSPS) is 11.6. The second kappa shape index (κ2) is 10.6. The van der Waals surface area contributed by atoms with E-state index in [4.69, 9.17) is 9.47 Å². The first kappa shape index (κ1) is 22.3. The molecule has 0 bridgehead atoms. The van der Waals surface area contributed by atoms with Crippen LogP contribution in [0.15, 0.2) is 66.7 Å². The third-order valence-electron chi connectivity index (χ3n) is 5.16. The van der Waals surface area contributed by atoms with E-state index in [1.54, 1.807) is 38.5 Å². The van der Waals surface area contributed by atoms with Crippen molar-refractivity contribution in [2.45, 2.75) is 19.4 Å². The number of hydrogen-bond donors (Lipinski definition) is 2. The maximum atomic E-state index is 13.9. The van der Waals surface area contributed by atoms with E-state index in [-0.39, 0.29) is 24.3 Å². The van der Waals surface area contributed by atoms with E-state index in [1.165, 1.54) is 17.7 Å². The molecule has 31 heavy (non-hydrogen) atoms. The van der Waals surface area contributed by atoms with Gasteiger partial charge in [0.25, 0.3) is 5.91 Å². The monoisotopic (exact) mass is 423 g/mol. The minimum atomic E-state index is -0.296. The maximum Gasteiger partial charge on any atom is 0.279 e. The molecule has 3 rings (SSSR count). The first-order chi connectivity index (χ1) is 15.0. The molecular weight excluding hydrogens is 395 g/mol. The number of ether oxygens (including phenoxy) is 2. The molecule has 0 unspecified atom stereocenters. The fraction of sp³-hybridized carbons (Fsp3) is 0.240. The van der Waals surface area contributed by atoms with Crippen LogP contribution in [0.1, 0.15) is 29.7 Å². The zero-order valence-electron chi connectivity index (χ0n) is 18.0. The van der Waals surface area contributed by atoms with Crippen LogP contribution >= 0.6 is 0 Å². The molecule has 0 aromatic heterocycles. The van der Waals surface area contributed by atoms with E-state index >= 15 is 0 Å². The largest absolute Gasteiger partial charge is 0.493 e. The number of nitrogens with one attached hydrogen (secondary N) is 1. The van der Waals surface area contributed by atoms with E-state index in [1.807, 2.05) is 23.5 Å². The number of nitrogens with two attached hydrogens (primary N) is 1. The van der Waals surface area contributed by atoms with Crippen LogP contribution < -0.4 is 20.1 Å². The third-order valence-corrected chi connectivity index (χ3v) is 5.16. The first-order valence-electron chi connectivity index (χ1n) is 10.2. The van der Waals surface area contributed by atoms with Gasteiger partial charge >= 0.3 is 0 Å². The van der Waals surface area contributed by atoms with Gasteiger partial charge in [0, 0.05) is 22.9 Å². The number of methoxy groups -OCH3 is 2. The summed E-state index contributed by atoms with van der Waals surface area (Å²) in [6.07, 6.45) is 0.947. The highest BCUT2D eigenvalue weighted by atomic mass is 19.1. The highest BCUT2D eigenvalue weighted by Crippen LogP contribution is 2.29. The van der Waals surface area contributed by atoms with Crippen LogP contribution in [0.4, 0.5) is 10.1 Å². The van der Waals surface area contributed by atoms with Gasteiger partial charge in [-0.3, -0.25) is 4.79 Å². The predicted molar refractivity (Wildman–Crippen MR) is 119 cm³/mol. The quantitative estimate of drug-likeness (QED) is 0.552. The molecule has 0 saturated heterocycles. The second-order valence-electron chi connectivity index (χ2n) is 7.19. The Kier molecular flexibility index (Phi) is 7.62. The highest BCUT2D eigenvalue weighted by molar-refractivity contribution is 5.91. The Bertz CT molecular complexity index is 1020. The summed E-state index contributed by atoms with van der Waals surface area (Å²) in [4.78, 5) is 12.6. The molecule has 0 spiro atoms. The van der Waals surface area contributed by atoms with Crippen LogP contribution in [-0.4, -0.2) is 26.7 Å². The SMILES string of the molecule is CCc1ccc([C@H]([NH2+]CC(=O)Nc2ccc(OC)c(OC)c2)c2cccc(F)c2)cc1. The van der Waals surface area contributed by atoms with Gasteiger partial charge in [0.1, 0.15) is 11.9 Å². The van der Waals surface area contributed by atoms with Crippen molar-refractivity contribution in [2.24, 2.45) is 0 Å². The Hall–Kier alpha value is -3.38. The highest BCUT2D eigenvalue weighted by Gasteiger charge is 2.20. The molecule has 0 heterocycles. The number of quaternary nitrogens is 1. The van der Waals surface area contributed by atoms with E-state index in [9.17, 15) is 9.18 Å². The molecule has 3 N–H and O–H groups in total. The molecule has 3 aromatic carbocycles. The summed E-state index contributed by atoms with van der Waals surface area (Å²) in [5.74, 6) is 0.668. The van der Waals surface area contributed by atoms with Gasteiger partial charge in [0.15, 0.2) is 18.0 Å². The smallest absolute Gasteiger partial charge is 0.279 e. The van der Waals surface area contributed by atoms with Crippen LogP contribution in [0.5, 0.6) is 11.5 Å². The Morgan fingerprint density at radius 2 is 1.71 bits per heavy atom. The summed E-state index contributed by atoms with van der Waals surface area (Å²) in [5, 5.41) is 4.78. The van der Waals surface area contributed by atoms with Crippen LogP contribution in [0, 0.1) is 5.82 Å². The Labute approximate surface area is 182 Å². The summed E-state index contributed by atoms with van der Waals surface area (Å²) in [5.41, 5.74) is 3.67. The van der Waals surface area contributed by atoms with Gasteiger partial charge in [-0.05, 0) is 36.2 Å². The fourth-order valence-corrected chi connectivity index (χ4v) is 3.48. The minimum Gasteiger partial charge on any atom is -0.493 e. The summed E-state index contributed by atoms with van der Waals surface area (Å²) in [7, 11) is 3.11. The van der Waals surface area contributed by atoms with Crippen molar-refractivity contribution in [3.05, 3.63) is 89.2 Å². The molecule has 5 nitrogen and oxygen atoms in total. The molecule has 6 heteroatoms. The molecule has 162 valence electrons. The van der Waals surface area contributed by atoms with Crippen LogP contribution in [-0.2, 0) is 11.2 Å². The van der Waals surface area contributed by atoms with Gasteiger partial charge < -0.3 is 20.1 Å². The molecule has 0 aliphatic heterocycles. The lowest BCUT2D eigenvalue weighted by atomic mass is 9.97. The van der Waals surface area contributed by atoms with Gasteiger partial charge in [0.2, 0.25) is 0 Å². The Balaban J connectivity index is 1.74. The van der Waals surface area contributed by atoms with Crippen molar-refractivity contribution in [2.75, 3.05) is 26.1 Å². The molecule has 3 aromatic rings. The summed E-state index contributed by atoms with van der Waals surface area (Å²) < 4.78 is 24.4. The van der Waals surface area contributed by atoms with E-state index in [2.05, 4.69) is 24.4 Å². The Morgan fingerprint density at radius 1 is 0.968 bits per heavy atom. The van der Waals surface area contributed by atoms with Crippen molar-refractivity contribution in [3.63, 3.8) is 0 Å². The van der Waals surface area contributed by atoms with Crippen molar-refractivity contribution < 1.29 is 24.0 Å². The Morgan fingerprint density at radius 3 is 2.35 bits per heavy atom. The van der Waals surface area contributed by atoms with Crippen molar-refractivity contribution in [1.29, 1.82) is 0 Å². The van der Waals surface area contributed by atoms with E-state index in [0.717, 1.165) is 17.5 Å². The zero-order chi connectivity index (χ0) is 22.2. The average molecular weight is 424 g/mol. The van der Waals surface area contributed by atoms with E-state index < -0.39 is 0 Å². The number of carbonyl (C=O) groups is 1. The average Bonchev–Trinajstić information content (AvgIpc) is 2.79. The standard InChI is InChI=1S/C25H27FN2O3/c1-4-17-8-10-18(11-9-17)25(19-6-5-7-20(26)14-19)27-16-24(29)28-21-12-13-22(30-2)23(15-21)31-3/h5-15,25,27H,4,16H2,1-3H3,(H,28,29)/p+1/t25-/m0/s1. The zero-order valence-corrected chi connectivity index (χ0v) is 18.0. The topological polar surface area (TPSA) is 64.2 Å². The number of aryl methyl sites for hydroxylation is 1. The molecular formula is C25H28FN2O3+. The molecule has 1 atom stereocenters. The van der Waals surface area contributed by atoms with Crippen molar-refractivity contribution in [1.82, 2.24) is 0 Å². The van der Waals surface area contributed by atoms with Gasteiger partial charge in [-0.25, -0.2) is 4.39 Å². The van der Waals surface area contributed by atoms with Gasteiger partial charge in [-0.15, -0.1) is 0 Å². The van der Waals surface area contributed by atoms with Gasteiger partial charge in [-0.2, -0.15) is 0 Å². The lowest BCUT2D eigenvalue weighted by molar-refractivity contribution is -0.676. The molecule has 0 aliphatic rings. The number of hydrogen-bond acceptors (Lipinski definition) is 3. The van der Waals surface area contributed by atoms with Crippen LogP contribution in [0.2, 0.25) is 0 Å². The summed E-state index contributed by atoms with van der Waals surface area (Å²) in [6, 6.07) is 19.7. The number of anilines is 1. The lowest BCUT2D eigenvalue weighted by Gasteiger charge is -2.17. The van der Waals surface area contributed by atoms with Crippen LogP contribution in [0.25, 0.3) is 0 Å². The maximum absolute atomic E-state index is 13.9. The first-order valence-corrected chi connectivity index (χ1v) is 10.2. The predicted octanol–water partition coefficient (Wildman–Crippen LogP) is 3.70. The number of carbonyl (C=O) groups excluding carboxylic acids is 1. The number of halogens is 1. The molecule has 1 amide bonds. The van der Waals surface area contributed by atoms with Gasteiger partial charge in [0.05, 0.1) is 14.2 Å². The second-order valence-corrected chi connectivity index (χ2v) is 7.19. The molecule has 0 radical (unpaired) electrons. The lowest BCUT2D eigenvalue weighted by Crippen LogP contribution is -2.87. The molecule has 0 saturated carbocycles. The van der Waals surface area contributed by atoms with Crippen molar-refractivity contribution >= 4 is 11.6 Å². The number of benzene rings is 3. The fourth-order valence-electron chi connectivity index (χ4n) is 3.48. The number of amides is 1. The number of rotatable bonds is 9. The third kappa shape index (κ3) is 5.83. The van der Waals surface area contributed by atoms with E-state index in [0.29, 0.717) is 17.2 Å². The minimum absolute atomic E-state index is 0.168.